The Morgan fingerprint density at radius 1 is 1.13 bits per heavy atom. The van der Waals surface area contributed by atoms with E-state index in [1.807, 2.05) is 0 Å². The Balaban J connectivity index is 2.07. The summed E-state index contributed by atoms with van der Waals surface area (Å²) in [6.45, 7) is 4.48. The summed E-state index contributed by atoms with van der Waals surface area (Å²) in [5, 5.41) is 0. The molecule has 2 unspecified atom stereocenters. The standard InChI is InChI=1S/C15H16/c1-11-8-12(2)14-10-15(14,9-11)13-6-4-3-5-7-13/h3-9,14H,10H2,1-2H3. The molecule has 1 aromatic carbocycles. The van der Waals surface area contributed by atoms with Crippen molar-refractivity contribution in [3.05, 3.63) is 59.2 Å². The summed E-state index contributed by atoms with van der Waals surface area (Å²) < 4.78 is 0. The van der Waals surface area contributed by atoms with Crippen LogP contribution in [0.1, 0.15) is 25.8 Å². The van der Waals surface area contributed by atoms with Gasteiger partial charge in [-0.1, -0.05) is 53.6 Å². The fourth-order valence-corrected chi connectivity index (χ4v) is 3.06. The largest absolute Gasteiger partial charge is 0.0704 e. The fraction of sp³-hybridized carbons (Fsp3) is 0.333. The lowest BCUT2D eigenvalue weighted by Gasteiger charge is -2.19. The molecule has 0 spiro atoms. The summed E-state index contributed by atoms with van der Waals surface area (Å²) >= 11 is 0. The molecule has 0 saturated heterocycles. The first-order valence-corrected chi connectivity index (χ1v) is 5.65. The molecular formula is C15H16. The molecule has 1 saturated carbocycles. The summed E-state index contributed by atoms with van der Waals surface area (Å²) in [6, 6.07) is 10.9. The molecule has 0 heteroatoms. The van der Waals surface area contributed by atoms with Crippen LogP contribution in [0.3, 0.4) is 0 Å². The molecule has 0 aliphatic heterocycles. The SMILES string of the molecule is CC1=CC2(c3ccccc3)CC2C(C)=C1. The molecule has 0 nitrogen and oxygen atoms in total. The summed E-state index contributed by atoms with van der Waals surface area (Å²) in [4.78, 5) is 0. The van der Waals surface area contributed by atoms with Crippen molar-refractivity contribution in [3.63, 3.8) is 0 Å². The van der Waals surface area contributed by atoms with Gasteiger partial charge in [0, 0.05) is 5.41 Å². The van der Waals surface area contributed by atoms with Crippen molar-refractivity contribution in [1.29, 1.82) is 0 Å². The molecule has 15 heavy (non-hydrogen) atoms. The van der Waals surface area contributed by atoms with Crippen LogP contribution in [-0.4, -0.2) is 0 Å². The number of hydrogen-bond acceptors (Lipinski definition) is 0. The first kappa shape index (κ1) is 8.96. The predicted octanol–water partition coefficient (Wildman–Crippen LogP) is 3.85. The third kappa shape index (κ3) is 1.21. The minimum absolute atomic E-state index is 0.351. The van der Waals surface area contributed by atoms with Gasteiger partial charge in [0.25, 0.3) is 0 Å². The van der Waals surface area contributed by atoms with Crippen molar-refractivity contribution in [3.8, 4) is 0 Å². The molecule has 0 radical (unpaired) electrons. The third-order valence-electron chi connectivity index (χ3n) is 3.81. The van der Waals surface area contributed by atoms with E-state index < -0.39 is 0 Å². The fourth-order valence-electron chi connectivity index (χ4n) is 3.06. The Kier molecular flexibility index (Phi) is 1.70. The second-order valence-corrected chi connectivity index (χ2v) is 4.94. The molecule has 0 amide bonds. The van der Waals surface area contributed by atoms with Gasteiger partial charge in [-0.25, -0.2) is 0 Å². The summed E-state index contributed by atoms with van der Waals surface area (Å²) in [7, 11) is 0. The topological polar surface area (TPSA) is 0 Å². The molecule has 1 aromatic rings. The van der Waals surface area contributed by atoms with Gasteiger partial charge in [-0.3, -0.25) is 0 Å². The molecular weight excluding hydrogens is 180 g/mol. The molecule has 3 rings (SSSR count). The zero-order valence-corrected chi connectivity index (χ0v) is 9.33. The lowest BCUT2D eigenvalue weighted by atomic mass is 9.85. The molecule has 2 atom stereocenters. The number of rotatable bonds is 1. The molecule has 2 aliphatic carbocycles. The van der Waals surface area contributed by atoms with Gasteiger partial charge in [0.05, 0.1) is 0 Å². The first-order chi connectivity index (χ1) is 7.22. The Hall–Kier alpha value is -1.30. The predicted molar refractivity (Wildman–Crippen MR) is 63.7 cm³/mol. The number of hydrogen-bond donors (Lipinski definition) is 0. The highest BCUT2D eigenvalue weighted by molar-refractivity contribution is 5.50. The maximum atomic E-state index is 2.46. The first-order valence-electron chi connectivity index (χ1n) is 5.65. The van der Waals surface area contributed by atoms with E-state index in [0.29, 0.717) is 5.41 Å². The van der Waals surface area contributed by atoms with Gasteiger partial charge in [0.2, 0.25) is 0 Å². The maximum Gasteiger partial charge on any atom is 0.0209 e. The van der Waals surface area contributed by atoms with E-state index >= 15 is 0 Å². The highest BCUT2D eigenvalue weighted by atomic mass is 14.6. The highest BCUT2D eigenvalue weighted by Crippen LogP contribution is 2.61. The molecule has 0 N–H and O–H groups in total. The van der Waals surface area contributed by atoms with Crippen LogP contribution in [0.15, 0.2) is 53.6 Å². The van der Waals surface area contributed by atoms with Gasteiger partial charge < -0.3 is 0 Å². The van der Waals surface area contributed by atoms with Crippen LogP contribution >= 0.6 is 0 Å². The van der Waals surface area contributed by atoms with E-state index in [-0.39, 0.29) is 0 Å². The number of fused-ring (bicyclic) bond motifs is 1. The number of benzene rings is 1. The average Bonchev–Trinajstić information content (AvgIpc) is 2.95. The molecule has 0 heterocycles. The smallest absolute Gasteiger partial charge is 0.0209 e. The van der Waals surface area contributed by atoms with E-state index in [9.17, 15) is 0 Å². The van der Waals surface area contributed by atoms with Crippen LogP contribution in [-0.2, 0) is 5.41 Å². The van der Waals surface area contributed by atoms with Crippen molar-refractivity contribution >= 4 is 0 Å². The molecule has 1 fully saturated rings. The van der Waals surface area contributed by atoms with Gasteiger partial charge >= 0.3 is 0 Å². The van der Waals surface area contributed by atoms with Crippen LogP contribution in [0.4, 0.5) is 0 Å². The lowest BCUT2D eigenvalue weighted by Crippen LogP contribution is -2.10. The Bertz CT molecular complexity index is 450. The van der Waals surface area contributed by atoms with E-state index in [1.165, 1.54) is 17.6 Å². The van der Waals surface area contributed by atoms with Gasteiger partial charge in [0.15, 0.2) is 0 Å². The molecule has 2 aliphatic rings. The maximum absolute atomic E-state index is 2.46. The Labute approximate surface area is 91.3 Å². The van der Waals surface area contributed by atoms with E-state index in [2.05, 4.69) is 56.3 Å². The van der Waals surface area contributed by atoms with Crippen LogP contribution in [0, 0.1) is 5.92 Å². The molecule has 0 aromatic heterocycles. The van der Waals surface area contributed by atoms with Crippen LogP contribution in [0.2, 0.25) is 0 Å². The van der Waals surface area contributed by atoms with Gasteiger partial charge in [-0.05, 0) is 31.7 Å². The molecule has 76 valence electrons. The van der Waals surface area contributed by atoms with Crippen molar-refractivity contribution in [2.24, 2.45) is 5.92 Å². The van der Waals surface area contributed by atoms with Crippen LogP contribution in [0.25, 0.3) is 0 Å². The second kappa shape index (κ2) is 2.85. The van der Waals surface area contributed by atoms with Gasteiger partial charge in [0.1, 0.15) is 0 Å². The van der Waals surface area contributed by atoms with Gasteiger partial charge in [-0.15, -0.1) is 0 Å². The quantitative estimate of drug-likeness (QED) is 0.640. The zero-order valence-electron chi connectivity index (χ0n) is 9.33. The number of allylic oxidation sites excluding steroid dienone is 4. The van der Waals surface area contributed by atoms with Gasteiger partial charge in [-0.2, -0.15) is 0 Å². The van der Waals surface area contributed by atoms with Crippen LogP contribution in [0.5, 0.6) is 0 Å². The van der Waals surface area contributed by atoms with E-state index in [0.717, 1.165) is 5.92 Å². The average molecular weight is 196 g/mol. The van der Waals surface area contributed by atoms with Crippen molar-refractivity contribution in [2.75, 3.05) is 0 Å². The zero-order chi connectivity index (χ0) is 10.5. The highest BCUT2D eigenvalue weighted by Gasteiger charge is 2.55. The van der Waals surface area contributed by atoms with Crippen LogP contribution < -0.4 is 0 Å². The molecule has 0 bridgehead atoms. The summed E-state index contributed by atoms with van der Waals surface area (Å²) in [6.07, 6.45) is 6.09. The third-order valence-corrected chi connectivity index (χ3v) is 3.81. The van der Waals surface area contributed by atoms with Crippen molar-refractivity contribution in [1.82, 2.24) is 0 Å². The van der Waals surface area contributed by atoms with Crippen molar-refractivity contribution < 1.29 is 0 Å². The van der Waals surface area contributed by atoms with Crippen molar-refractivity contribution in [2.45, 2.75) is 25.7 Å². The lowest BCUT2D eigenvalue weighted by molar-refractivity contribution is 0.776. The van der Waals surface area contributed by atoms with E-state index in [1.54, 1.807) is 5.57 Å². The summed E-state index contributed by atoms with van der Waals surface area (Å²) in [5.74, 6) is 0.767. The Morgan fingerprint density at radius 2 is 1.87 bits per heavy atom. The second-order valence-electron chi connectivity index (χ2n) is 4.94. The summed E-state index contributed by atoms with van der Waals surface area (Å²) in [5.41, 5.74) is 4.82. The minimum Gasteiger partial charge on any atom is -0.0704 e. The normalized spacial score (nSPS) is 32.8. The minimum atomic E-state index is 0.351. The monoisotopic (exact) mass is 196 g/mol. The van der Waals surface area contributed by atoms with E-state index in [4.69, 9.17) is 0 Å². The Morgan fingerprint density at radius 3 is 2.60 bits per heavy atom.